The van der Waals surface area contributed by atoms with Gasteiger partial charge in [0.15, 0.2) is 0 Å². The summed E-state index contributed by atoms with van der Waals surface area (Å²) in [5.41, 5.74) is 3.18. The molecule has 1 amide bonds. The first kappa shape index (κ1) is 24.0. The Kier molecular flexibility index (Phi) is 16.4. The average Bonchev–Trinajstić information content (AvgIpc) is 2.34. The fraction of sp³-hybridized carbons (Fsp3) is 0.500. The SMILES string of the molecule is CCCNC(=O)c1c(CC)cccc1CC.[Cl-].[Cl-].[Ti+2]. The molecule has 0 fully saturated rings. The van der Waals surface area contributed by atoms with Gasteiger partial charge in [-0.1, -0.05) is 39.0 Å². The smallest absolute Gasteiger partial charge is 1.00 e. The van der Waals surface area contributed by atoms with E-state index in [4.69, 9.17) is 0 Å². The quantitative estimate of drug-likeness (QED) is 0.569. The van der Waals surface area contributed by atoms with Crippen LogP contribution in [-0.2, 0) is 34.6 Å². The Morgan fingerprint density at radius 2 is 1.53 bits per heavy atom. The summed E-state index contributed by atoms with van der Waals surface area (Å²) in [6, 6.07) is 6.12. The molecule has 1 N–H and O–H groups in total. The van der Waals surface area contributed by atoms with E-state index in [-0.39, 0.29) is 52.4 Å². The summed E-state index contributed by atoms with van der Waals surface area (Å²) < 4.78 is 0. The summed E-state index contributed by atoms with van der Waals surface area (Å²) in [6.45, 7) is 6.99. The van der Waals surface area contributed by atoms with Crippen LogP contribution in [0.3, 0.4) is 0 Å². The van der Waals surface area contributed by atoms with Crippen LogP contribution >= 0.6 is 0 Å². The monoisotopic (exact) mass is 337 g/mol. The van der Waals surface area contributed by atoms with Gasteiger partial charge in [0, 0.05) is 12.1 Å². The number of carbonyl (C=O) groups excluding carboxylic acids is 1. The Balaban J connectivity index is -0.000000853. The van der Waals surface area contributed by atoms with Gasteiger partial charge in [-0.3, -0.25) is 4.79 Å². The van der Waals surface area contributed by atoms with Gasteiger partial charge in [-0.25, -0.2) is 0 Å². The van der Waals surface area contributed by atoms with Crippen LogP contribution in [0.5, 0.6) is 0 Å². The van der Waals surface area contributed by atoms with Crippen LogP contribution in [0.2, 0.25) is 0 Å². The van der Waals surface area contributed by atoms with Gasteiger partial charge in [0.05, 0.1) is 0 Å². The summed E-state index contributed by atoms with van der Waals surface area (Å²) in [5.74, 6) is 0.0798. The Morgan fingerprint density at radius 3 is 1.89 bits per heavy atom. The summed E-state index contributed by atoms with van der Waals surface area (Å²) in [5, 5.41) is 2.96. The van der Waals surface area contributed by atoms with Gasteiger partial charge in [-0.15, -0.1) is 0 Å². The molecule has 19 heavy (non-hydrogen) atoms. The van der Waals surface area contributed by atoms with Crippen molar-refractivity contribution in [1.82, 2.24) is 5.32 Å². The van der Waals surface area contributed by atoms with Gasteiger partial charge in [0.2, 0.25) is 0 Å². The summed E-state index contributed by atoms with van der Waals surface area (Å²) in [6.07, 6.45) is 2.78. The van der Waals surface area contributed by atoms with E-state index in [2.05, 4.69) is 26.1 Å². The number of halogens is 2. The van der Waals surface area contributed by atoms with E-state index >= 15 is 0 Å². The van der Waals surface area contributed by atoms with E-state index in [1.54, 1.807) is 0 Å². The van der Waals surface area contributed by atoms with Gasteiger partial charge in [0.25, 0.3) is 5.91 Å². The Hall–Kier alpha value is -0.0157. The molecule has 0 aliphatic carbocycles. The van der Waals surface area contributed by atoms with E-state index in [0.29, 0.717) is 0 Å². The molecule has 1 aromatic carbocycles. The van der Waals surface area contributed by atoms with Crippen molar-refractivity contribution >= 4 is 5.91 Å². The normalized spacial score (nSPS) is 8.58. The first-order valence-electron chi connectivity index (χ1n) is 6.13. The van der Waals surface area contributed by atoms with Crippen LogP contribution in [0, 0.1) is 0 Å². The molecule has 5 heteroatoms. The van der Waals surface area contributed by atoms with Crippen LogP contribution in [-0.4, -0.2) is 12.5 Å². The van der Waals surface area contributed by atoms with E-state index in [9.17, 15) is 4.79 Å². The number of aryl methyl sites for hydroxylation is 2. The summed E-state index contributed by atoms with van der Waals surface area (Å²) in [7, 11) is 0. The number of benzene rings is 1. The second kappa shape index (κ2) is 13.0. The molecule has 0 aliphatic rings. The number of amides is 1. The molecule has 0 atom stereocenters. The van der Waals surface area contributed by atoms with Crippen molar-refractivity contribution in [3.63, 3.8) is 0 Å². The van der Waals surface area contributed by atoms with E-state index in [1.807, 2.05) is 18.2 Å². The first-order valence-corrected chi connectivity index (χ1v) is 6.13. The average molecular weight is 338 g/mol. The zero-order valence-electron chi connectivity index (χ0n) is 11.7. The number of rotatable bonds is 5. The van der Waals surface area contributed by atoms with E-state index in [0.717, 1.165) is 42.5 Å². The minimum absolute atomic E-state index is 0. The molecule has 0 saturated heterocycles. The first-order chi connectivity index (χ1) is 7.74. The van der Waals surface area contributed by atoms with E-state index in [1.165, 1.54) is 0 Å². The van der Waals surface area contributed by atoms with Crippen LogP contribution in [0.15, 0.2) is 18.2 Å². The number of hydrogen-bond donors (Lipinski definition) is 1. The minimum Gasteiger partial charge on any atom is -1.00 e. The topological polar surface area (TPSA) is 29.1 Å². The summed E-state index contributed by atoms with van der Waals surface area (Å²) >= 11 is 0. The molecular formula is C14H21Cl2NOTi. The number of carbonyl (C=O) groups is 1. The predicted molar refractivity (Wildman–Crippen MR) is 67.8 cm³/mol. The third-order valence-electron chi connectivity index (χ3n) is 2.76. The van der Waals surface area contributed by atoms with Gasteiger partial charge in [-0.2, -0.15) is 0 Å². The fourth-order valence-corrected chi connectivity index (χ4v) is 1.86. The Bertz CT molecular complexity index is 350. The third-order valence-corrected chi connectivity index (χ3v) is 2.76. The Labute approximate surface area is 143 Å². The zero-order chi connectivity index (χ0) is 12.0. The molecule has 0 spiro atoms. The fourth-order valence-electron chi connectivity index (χ4n) is 1.86. The van der Waals surface area contributed by atoms with Gasteiger partial charge < -0.3 is 30.1 Å². The van der Waals surface area contributed by atoms with Crippen LogP contribution in [0.1, 0.15) is 48.7 Å². The van der Waals surface area contributed by atoms with Crippen LogP contribution in [0.4, 0.5) is 0 Å². The van der Waals surface area contributed by atoms with Crippen molar-refractivity contribution < 1.29 is 51.3 Å². The van der Waals surface area contributed by atoms with Gasteiger partial charge in [0.1, 0.15) is 0 Å². The zero-order valence-corrected chi connectivity index (χ0v) is 14.8. The van der Waals surface area contributed by atoms with Crippen LogP contribution in [0.25, 0.3) is 0 Å². The molecule has 106 valence electrons. The molecule has 0 bridgehead atoms. The standard InChI is InChI=1S/C14H21NO.2ClH.Ti/c1-4-10-15-14(16)13-11(5-2)8-7-9-12(13)6-3;;;/h7-9H,4-6,10H2,1-3H3,(H,15,16);2*1H;/q;;;+2/p-2. The van der Waals surface area contributed by atoms with Gasteiger partial charge >= 0.3 is 21.7 Å². The number of hydrogen-bond acceptors (Lipinski definition) is 1. The van der Waals surface area contributed by atoms with Crippen LogP contribution < -0.4 is 30.1 Å². The maximum absolute atomic E-state index is 12.1. The molecule has 1 aromatic rings. The number of nitrogens with one attached hydrogen (secondary N) is 1. The molecular weight excluding hydrogens is 317 g/mol. The Morgan fingerprint density at radius 1 is 1.05 bits per heavy atom. The van der Waals surface area contributed by atoms with Crippen molar-refractivity contribution in [1.29, 1.82) is 0 Å². The van der Waals surface area contributed by atoms with Gasteiger partial charge in [-0.05, 0) is 30.4 Å². The molecule has 0 radical (unpaired) electrons. The molecule has 0 unspecified atom stereocenters. The summed E-state index contributed by atoms with van der Waals surface area (Å²) in [4.78, 5) is 12.1. The molecule has 0 aliphatic heterocycles. The molecule has 0 aromatic heterocycles. The maximum Gasteiger partial charge on any atom is 2.00 e. The van der Waals surface area contributed by atoms with E-state index < -0.39 is 0 Å². The molecule has 2 nitrogen and oxygen atoms in total. The van der Waals surface area contributed by atoms with Crippen molar-refractivity contribution in [2.24, 2.45) is 0 Å². The molecule has 1 rings (SSSR count). The van der Waals surface area contributed by atoms with Crippen molar-refractivity contribution in [2.45, 2.75) is 40.0 Å². The minimum atomic E-state index is 0. The largest absolute Gasteiger partial charge is 2.00 e. The molecule has 0 heterocycles. The van der Waals surface area contributed by atoms with Crippen molar-refractivity contribution in [3.8, 4) is 0 Å². The second-order valence-electron chi connectivity index (χ2n) is 3.91. The second-order valence-corrected chi connectivity index (χ2v) is 3.91. The maximum atomic E-state index is 12.1. The van der Waals surface area contributed by atoms with Crippen molar-refractivity contribution in [3.05, 3.63) is 34.9 Å². The molecule has 0 saturated carbocycles. The third kappa shape index (κ3) is 6.81. The van der Waals surface area contributed by atoms with Crippen molar-refractivity contribution in [2.75, 3.05) is 6.54 Å². The predicted octanol–water partition coefficient (Wildman–Crippen LogP) is -3.04.